The Kier molecular flexibility index (Phi) is 7.11. The summed E-state index contributed by atoms with van der Waals surface area (Å²) in [6, 6.07) is 26.0. The first kappa shape index (κ1) is 22.0. The van der Waals surface area contributed by atoms with Crippen LogP contribution in [0.3, 0.4) is 0 Å². The maximum atomic E-state index is 9.33. The average Bonchev–Trinajstić information content (AvgIpc) is 3.27. The van der Waals surface area contributed by atoms with Crippen molar-refractivity contribution >= 4 is 23.2 Å². The number of ether oxygens (including phenoxy) is 1. The van der Waals surface area contributed by atoms with Crippen molar-refractivity contribution in [1.82, 2.24) is 9.55 Å². The van der Waals surface area contributed by atoms with Gasteiger partial charge in [0.25, 0.3) is 0 Å². The van der Waals surface area contributed by atoms with E-state index in [-0.39, 0.29) is 5.92 Å². The largest absolute Gasteiger partial charge is 0.494 e. The van der Waals surface area contributed by atoms with Gasteiger partial charge in [0, 0.05) is 22.5 Å². The van der Waals surface area contributed by atoms with Gasteiger partial charge in [0.2, 0.25) is 0 Å². The summed E-state index contributed by atoms with van der Waals surface area (Å²) in [6.45, 7) is 1.07. The molecule has 0 aliphatic rings. The lowest BCUT2D eigenvalue weighted by atomic mass is 9.95. The third kappa shape index (κ3) is 5.31. The highest BCUT2D eigenvalue weighted by Gasteiger charge is 2.18. The van der Waals surface area contributed by atoms with Crippen LogP contribution < -0.4 is 4.74 Å². The van der Waals surface area contributed by atoms with Gasteiger partial charge in [0.1, 0.15) is 17.5 Å². The molecule has 6 heteroatoms. The van der Waals surface area contributed by atoms with Gasteiger partial charge in [-0.1, -0.05) is 71.7 Å². The molecule has 4 aromatic rings. The molecule has 0 saturated carbocycles. The molecule has 0 N–H and O–H groups in total. The second kappa shape index (κ2) is 10.4. The van der Waals surface area contributed by atoms with Crippen LogP contribution in [-0.4, -0.2) is 16.2 Å². The molecule has 1 aromatic heterocycles. The molecule has 0 aliphatic carbocycles. The highest BCUT2D eigenvalue weighted by Crippen LogP contribution is 2.31. The summed E-state index contributed by atoms with van der Waals surface area (Å²) in [5.74, 6) is 0.843. The lowest BCUT2D eigenvalue weighted by Gasteiger charge is -2.20. The Morgan fingerprint density at radius 3 is 2.44 bits per heavy atom. The highest BCUT2D eigenvalue weighted by molar-refractivity contribution is 6.35. The Morgan fingerprint density at radius 1 is 0.969 bits per heavy atom. The second-order valence-corrected chi connectivity index (χ2v) is 8.28. The molecule has 4 nitrogen and oxygen atoms in total. The SMILES string of the molecule is N#Cc1cncn1CC(CCOc1ccc(-c2ccccc2)cc1)c1ccc(Cl)cc1Cl. The molecular weight excluding hydrogens is 441 g/mol. The molecule has 0 fully saturated rings. The third-order valence-electron chi connectivity index (χ3n) is 5.34. The first-order valence-corrected chi connectivity index (χ1v) is 11.0. The quantitative estimate of drug-likeness (QED) is 0.284. The number of nitrogens with zero attached hydrogens (tertiary/aromatic N) is 3. The fraction of sp³-hybridized carbons (Fsp3) is 0.154. The molecule has 1 heterocycles. The first-order chi connectivity index (χ1) is 15.6. The molecule has 1 atom stereocenters. The predicted molar refractivity (Wildman–Crippen MR) is 128 cm³/mol. The van der Waals surface area contributed by atoms with E-state index in [2.05, 4.69) is 35.3 Å². The van der Waals surface area contributed by atoms with Crippen LogP contribution in [0.4, 0.5) is 0 Å². The summed E-state index contributed by atoms with van der Waals surface area (Å²) in [4.78, 5) is 4.09. The smallest absolute Gasteiger partial charge is 0.139 e. The van der Waals surface area contributed by atoms with E-state index in [0.717, 1.165) is 16.9 Å². The fourth-order valence-electron chi connectivity index (χ4n) is 3.67. The summed E-state index contributed by atoms with van der Waals surface area (Å²) < 4.78 is 7.87. The summed E-state index contributed by atoms with van der Waals surface area (Å²) in [5.41, 5.74) is 3.80. The minimum absolute atomic E-state index is 0.0321. The molecule has 4 rings (SSSR count). The Bertz CT molecular complexity index is 1210. The van der Waals surface area contributed by atoms with Gasteiger partial charge in [-0.2, -0.15) is 5.26 Å². The van der Waals surface area contributed by atoms with Crippen LogP contribution in [0.2, 0.25) is 10.0 Å². The van der Waals surface area contributed by atoms with Gasteiger partial charge in [-0.05, 0) is 47.4 Å². The number of nitriles is 1. The number of benzene rings is 3. The zero-order chi connectivity index (χ0) is 22.3. The molecule has 0 spiro atoms. The minimum Gasteiger partial charge on any atom is -0.494 e. The van der Waals surface area contributed by atoms with Crippen LogP contribution in [0.25, 0.3) is 11.1 Å². The van der Waals surface area contributed by atoms with E-state index in [1.165, 1.54) is 5.56 Å². The number of hydrogen-bond donors (Lipinski definition) is 0. The zero-order valence-corrected chi connectivity index (χ0v) is 18.8. The van der Waals surface area contributed by atoms with Crippen LogP contribution in [-0.2, 0) is 6.54 Å². The van der Waals surface area contributed by atoms with Crippen molar-refractivity contribution < 1.29 is 4.74 Å². The molecule has 0 amide bonds. The summed E-state index contributed by atoms with van der Waals surface area (Å²) in [6.07, 6.45) is 3.94. The number of hydrogen-bond acceptors (Lipinski definition) is 3. The van der Waals surface area contributed by atoms with E-state index >= 15 is 0 Å². The lowest BCUT2D eigenvalue weighted by Crippen LogP contribution is -2.14. The third-order valence-corrected chi connectivity index (χ3v) is 5.91. The zero-order valence-electron chi connectivity index (χ0n) is 17.3. The van der Waals surface area contributed by atoms with E-state index in [0.29, 0.717) is 35.3 Å². The second-order valence-electron chi connectivity index (χ2n) is 7.43. The van der Waals surface area contributed by atoms with E-state index < -0.39 is 0 Å². The van der Waals surface area contributed by atoms with Crippen molar-refractivity contribution in [3.8, 4) is 22.9 Å². The van der Waals surface area contributed by atoms with Gasteiger partial charge in [0.05, 0.1) is 19.1 Å². The molecule has 0 radical (unpaired) electrons. The Morgan fingerprint density at radius 2 is 1.72 bits per heavy atom. The van der Waals surface area contributed by atoms with E-state index in [1.807, 2.05) is 47.0 Å². The number of imidazole rings is 1. The number of halogens is 2. The molecule has 0 bridgehead atoms. The van der Waals surface area contributed by atoms with Crippen LogP contribution in [0, 0.1) is 11.3 Å². The van der Waals surface area contributed by atoms with E-state index in [9.17, 15) is 5.26 Å². The molecule has 160 valence electrons. The van der Waals surface area contributed by atoms with Gasteiger partial charge >= 0.3 is 0 Å². The first-order valence-electron chi connectivity index (χ1n) is 10.3. The van der Waals surface area contributed by atoms with Crippen LogP contribution in [0.1, 0.15) is 23.6 Å². The van der Waals surface area contributed by atoms with Crippen LogP contribution >= 0.6 is 23.2 Å². The van der Waals surface area contributed by atoms with Gasteiger partial charge < -0.3 is 9.30 Å². The standard InChI is InChI=1S/C26H21Cl2N3O/c27-22-8-11-25(26(28)14-22)21(17-31-18-30-16-23(31)15-29)12-13-32-24-9-6-20(7-10-24)19-4-2-1-3-5-19/h1-11,14,16,18,21H,12-13,17H2. The van der Waals surface area contributed by atoms with Crippen molar-refractivity contribution in [3.63, 3.8) is 0 Å². The Labute approximate surface area is 197 Å². The van der Waals surface area contributed by atoms with Gasteiger partial charge in [-0.25, -0.2) is 4.98 Å². The fourth-order valence-corrected chi connectivity index (χ4v) is 4.23. The van der Waals surface area contributed by atoms with Gasteiger partial charge in [-0.3, -0.25) is 0 Å². The van der Waals surface area contributed by atoms with Crippen molar-refractivity contribution in [3.05, 3.63) is 107 Å². The van der Waals surface area contributed by atoms with Crippen LogP contribution in [0.15, 0.2) is 85.3 Å². The molecule has 1 unspecified atom stereocenters. The Hall–Kier alpha value is -3.26. The molecule has 0 aliphatic heterocycles. The minimum atomic E-state index is 0.0321. The van der Waals surface area contributed by atoms with Gasteiger partial charge in [-0.15, -0.1) is 0 Å². The average molecular weight is 462 g/mol. The lowest BCUT2D eigenvalue weighted by molar-refractivity contribution is 0.291. The normalized spacial score (nSPS) is 11.7. The molecule has 32 heavy (non-hydrogen) atoms. The molecule has 0 saturated heterocycles. The topological polar surface area (TPSA) is 50.8 Å². The van der Waals surface area contributed by atoms with Crippen molar-refractivity contribution in [2.45, 2.75) is 18.9 Å². The van der Waals surface area contributed by atoms with E-state index in [1.54, 1.807) is 18.6 Å². The van der Waals surface area contributed by atoms with Crippen molar-refractivity contribution in [2.75, 3.05) is 6.61 Å². The summed E-state index contributed by atoms with van der Waals surface area (Å²) >= 11 is 12.6. The number of rotatable bonds is 8. The maximum Gasteiger partial charge on any atom is 0.139 e. The van der Waals surface area contributed by atoms with Gasteiger partial charge in [0.15, 0.2) is 0 Å². The maximum absolute atomic E-state index is 9.33. The Balaban J connectivity index is 1.46. The summed E-state index contributed by atoms with van der Waals surface area (Å²) in [5, 5.41) is 10.5. The van der Waals surface area contributed by atoms with Crippen molar-refractivity contribution in [1.29, 1.82) is 5.26 Å². The monoisotopic (exact) mass is 461 g/mol. The van der Waals surface area contributed by atoms with E-state index in [4.69, 9.17) is 27.9 Å². The molecule has 3 aromatic carbocycles. The van der Waals surface area contributed by atoms with Crippen molar-refractivity contribution in [2.24, 2.45) is 0 Å². The number of aromatic nitrogens is 2. The van der Waals surface area contributed by atoms with Crippen LogP contribution in [0.5, 0.6) is 5.75 Å². The molecular formula is C26H21Cl2N3O. The highest BCUT2D eigenvalue weighted by atomic mass is 35.5. The predicted octanol–water partition coefficient (Wildman–Crippen LogP) is 6.98. The summed E-state index contributed by atoms with van der Waals surface area (Å²) in [7, 11) is 0.